The number of hydrogen-bond donors (Lipinski definition) is 1. The molecular weight excluding hydrogens is 262 g/mol. The molecule has 0 radical (unpaired) electrons. The zero-order chi connectivity index (χ0) is 14.7. The minimum atomic E-state index is -0.919. The number of halogens is 2. The van der Waals surface area contributed by atoms with E-state index in [1.165, 1.54) is 6.07 Å². The average Bonchev–Trinajstić information content (AvgIpc) is 2.43. The maximum absolute atomic E-state index is 13.2. The number of nitrogens with zero attached hydrogens (tertiary/aromatic N) is 1. The van der Waals surface area contributed by atoms with E-state index in [9.17, 15) is 13.6 Å². The SMILES string of the molecule is C[C@H](N)[C@@H]1CCCCN1C(=O)Cc1ccc(F)c(F)c1. The minimum absolute atomic E-state index is 0.0431. The fourth-order valence-electron chi connectivity index (χ4n) is 2.74. The molecular formula is C15H20F2N2O. The highest BCUT2D eigenvalue weighted by atomic mass is 19.2. The zero-order valence-electron chi connectivity index (χ0n) is 11.6. The number of carbonyl (C=O) groups excluding carboxylic acids is 1. The molecule has 0 saturated carbocycles. The maximum Gasteiger partial charge on any atom is 0.227 e. The summed E-state index contributed by atoms with van der Waals surface area (Å²) in [5, 5.41) is 0. The Kier molecular flexibility index (Phi) is 4.70. The van der Waals surface area contributed by atoms with Crippen molar-refractivity contribution < 1.29 is 13.6 Å². The molecule has 0 spiro atoms. The molecule has 0 bridgehead atoms. The van der Waals surface area contributed by atoms with Crippen molar-refractivity contribution in [3.63, 3.8) is 0 Å². The summed E-state index contributed by atoms with van der Waals surface area (Å²) in [5.74, 6) is -1.89. The molecule has 1 saturated heterocycles. The third kappa shape index (κ3) is 3.33. The second-order valence-electron chi connectivity index (χ2n) is 5.43. The van der Waals surface area contributed by atoms with Crippen molar-refractivity contribution in [3.05, 3.63) is 35.4 Å². The van der Waals surface area contributed by atoms with Crippen LogP contribution in [0.1, 0.15) is 31.7 Å². The van der Waals surface area contributed by atoms with Gasteiger partial charge >= 0.3 is 0 Å². The van der Waals surface area contributed by atoms with Crippen LogP contribution in [0.2, 0.25) is 0 Å². The van der Waals surface area contributed by atoms with Crippen molar-refractivity contribution in [2.75, 3.05) is 6.54 Å². The van der Waals surface area contributed by atoms with Crippen LogP contribution in [0.5, 0.6) is 0 Å². The van der Waals surface area contributed by atoms with Gasteiger partial charge in [-0.05, 0) is 43.9 Å². The smallest absolute Gasteiger partial charge is 0.227 e. The van der Waals surface area contributed by atoms with Crippen LogP contribution in [0.25, 0.3) is 0 Å². The lowest BCUT2D eigenvalue weighted by Gasteiger charge is -2.38. The number of amides is 1. The van der Waals surface area contributed by atoms with Gasteiger partial charge < -0.3 is 10.6 Å². The van der Waals surface area contributed by atoms with E-state index in [-0.39, 0.29) is 24.4 Å². The molecule has 0 aromatic heterocycles. The predicted molar refractivity (Wildman–Crippen MR) is 73.1 cm³/mol. The molecule has 1 aliphatic rings. The third-order valence-electron chi connectivity index (χ3n) is 3.82. The topological polar surface area (TPSA) is 46.3 Å². The highest BCUT2D eigenvalue weighted by Gasteiger charge is 2.29. The van der Waals surface area contributed by atoms with E-state index < -0.39 is 11.6 Å². The predicted octanol–water partition coefficient (Wildman–Crippen LogP) is 2.24. The zero-order valence-corrected chi connectivity index (χ0v) is 11.6. The van der Waals surface area contributed by atoms with Gasteiger partial charge in [-0.1, -0.05) is 6.07 Å². The van der Waals surface area contributed by atoms with E-state index in [0.29, 0.717) is 12.1 Å². The van der Waals surface area contributed by atoms with Gasteiger partial charge in [0.2, 0.25) is 5.91 Å². The summed E-state index contributed by atoms with van der Waals surface area (Å²) in [5.41, 5.74) is 6.42. The summed E-state index contributed by atoms with van der Waals surface area (Å²) in [6, 6.07) is 3.54. The lowest BCUT2D eigenvalue weighted by molar-refractivity contribution is -0.134. The van der Waals surface area contributed by atoms with Crippen LogP contribution in [0, 0.1) is 11.6 Å². The van der Waals surface area contributed by atoms with Crippen LogP contribution in [-0.4, -0.2) is 29.4 Å². The molecule has 1 heterocycles. The number of likely N-dealkylation sites (tertiary alicyclic amines) is 1. The number of carbonyl (C=O) groups is 1. The first-order valence-electron chi connectivity index (χ1n) is 6.98. The molecule has 0 aliphatic carbocycles. The van der Waals surface area contributed by atoms with Gasteiger partial charge in [-0.2, -0.15) is 0 Å². The van der Waals surface area contributed by atoms with Gasteiger partial charge in [0.25, 0.3) is 0 Å². The number of benzene rings is 1. The van der Waals surface area contributed by atoms with E-state index in [1.54, 1.807) is 4.90 Å². The molecule has 1 aliphatic heterocycles. The molecule has 110 valence electrons. The average molecular weight is 282 g/mol. The van der Waals surface area contributed by atoms with Gasteiger partial charge in [0.1, 0.15) is 0 Å². The van der Waals surface area contributed by atoms with Crippen molar-refractivity contribution in [1.29, 1.82) is 0 Å². The summed E-state index contributed by atoms with van der Waals surface area (Å²) < 4.78 is 26.0. The van der Waals surface area contributed by atoms with E-state index in [1.807, 2.05) is 6.92 Å². The number of piperidine rings is 1. The molecule has 3 nitrogen and oxygen atoms in total. The third-order valence-corrected chi connectivity index (χ3v) is 3.82. The monoisotopic (exact) mass is 282 g/mol. The van der Waals surface area contributed by atoms with Gasteiger partial charge in [-0.3, -0.25) is 4.79 Å². The lowest BCUT2D eigenvalue weighted by Crippen LogP contribution is -2.52. The van der Waals surface area contributed by atoms with E-state index >= 15 is 0 Å². The van der Waals surface area contributed by atoms with Crippen LogP contribution in [0.3, 0.4) is 0 Å². The van der Waals surface area contributed by atoms with Crippen LogP contribution in [0.15, 0.2) is 18.2 Å². The number of hydrogen-bond acceptors (Lipinski definition) is 2. The quantitative estimate of drug-likeness (QED) is 0.924. The van der Waals surface area contributed by atoms with Crippen LogP contribution >= 0.6 is 0 Å². The first kappa shape index (κ1) is 14.9. The molecule has 2 rings (SSSR count). The molecule has 2 N–H and O–H groups in total. The first-order valence-corrected chi connectivity index (χ1v) is 6.98. The Balaban J connectivity index is 2.07. The summed E-state index contributed by atoms with van der Waals surface area (Å²) in [7, 11) is 0. The second kappa shape index (κ2) is 6.31. The van der Waals surface area contributed by atoms with Crippen LogP contribution in [-0.2, 0) is 11.2 Å². The second-order valence-corrected chi connectivity index (χ2v) is 5.43. The van der Waals surface area contributed by atoms with Gasteiger partial charge in [0.05, 0.1) is 6.42 Å². The minimum Gasteiger partial charge on any atom is -0.338 e. The molecule has 5 heteroatoms. The lowest BCUT2D eigenvalue weighted by atomic mass is 9.96. The molecule has 1 fully saturated rings. The van der Waals surface area contributed by atoms with Crippen LogP contribution < -0.4 is 5.73 Å². The summed E-state index contributed by atoms with van der Waals surface area (Å²) >= 11 is 0. The largest absolute Gasteiger partial charge is 0.338 e. The van der Waals surface area contributed by atoms with Gasteiger partial charge in [0, 0.05) is 18.6 Å². The van der Waals surface area contributed by atoms with Gasteiger partial charge in [0.15, 0.2) is 11.6 Å². The summed E-state index contributed by atoms with van der Waals surface area (Å²) in [4.78, 5) is 14.1. The highest BCUT2D eigenvalue weighted by molar-refractivity contribution is 5.79. The van der Waals surface area contributed by atoms with Crippen molar-refractivity contribution in [2.24, 2.45) is 5.73 Å². The Morgan fingerprint density at radius 3 is 2.80 bits per heavy atom. The molecule has 20 heavy (non-hydrogen) atoms. The van der Waals surface area contributed by atoms with Crippen molar-refractivity contribution >= 4 is 5.91 Å². The Labute approximate surface area is 117 Å². The molecule has 1 aromatic carbocycles. The Hall–Kier alpha value is -1.49. The molecule has 1 amide bonds. The van der Waals surface area contributed by atoms with Crippen molar-refractivity contribution in [2.45, 2.75) is 44.7 Å². The van der Waals surface area contributed by atoms with Gasteiger partial charge in [-0.25, -0.2) is 8.78 Å². The van der Waals surface area contributed by atoms with Crippen LogP contribution in [0.4, 0.5) is 8.78 Å². The van der Waals surface area contributed by atoms with Crippen molar-refractivity contribution in [1.82, 2.24) is 4.90 Å². The van der Waals surface area contributed by atoms with E-state index in [0.717, 1.165) is 31.4 Å². The molecule has 2 atom stereocenters. The van der Waals surface area contributed by atoms with E-state index in [4.69, 9.17) is 5.73 Å². The fraction of sp³-hybridized carbons (Fsp3) is 0.533. The Bertz CT molecular complexity index is 491. The highest BCUT2D eigenvalue weighted by Crippen LogP contribution is 2.20. The normalized spacial score (nSPS) is 20.8. The summed E-state index contributed by atoms with van der Waals surface area (Å²) in [6.45, 7) is 2.59. The van der Waals surface area contributed by atoms with E-state index in [2.05, 4.69) is 0 Å². The Morgan fingerprint density at radius 2 is 2.15 bits per heavy atom. The Morgan fingerprint density at radius 1 is 1.40 bits per heavy atom. The number of rotatable bonds is 3. The maximum atomic E-state index is 13.2. The van der Waals surface area contributed by atoms with Gasteiger partial charge in [-0.15, -0.1) is 0 Å². The fourth-order valence-corrected chi connectivity index (χ4v) is 2.74. The first-order chi connectivity index (χ1) is 9.49. The standard InChI is InChI=1S/C15H20F2N2O/c1-10(18)14-4-2-3-7-19(14)15(20)9-11-5-6-12(16)13(17)8-11/h5-6,8,10,14H,2-4,7,9,18H2,1H3/t10-,14-/m0/s1. The molecule has 0 unspecified atom stereocenters. The molecule has 1 aromatic rings. The van der Waals surface area contributed by atoms with Crippen molar-refractivity contribution in [3.8, 4) is 0 Å². The number of nitrogens with two attached hydrogens (primary N) is 1. The summed E-state index contributed by atoms with van der Waals surface area (Å²) in [6.07, 6.45) is 3.02.